The van der Waals surface area contributed by atoms with E-state index in [1.54, 1.807) is 7.11 Å². The predicted octanol–water partition coefficient (Wildman–Crippen LogP) is 5.37. The second-order valence-corrected chi connectivity index (χ2v) is 15.5. The van der Waals surface area contributed by atoms with Crippen molar-refractivity contribution >= 4 is 23.8 Å². The average molecular weight is 900 g/mol. The Kier molecular flexibility index (Phi) is 18.4. The summed E-state index contributed by atoms with van der Waals surface area (Å²) in [7, 11) is 1.59. The molecule has 10 atom stereocenters. The van der Waals surface area contributed by atoms with Crippen LogP contribution in [0.1, 0.15) is 49.9 Å². The summed E-state index contributed by atoms with van der Waals surface area (Å²) in [5.74, 6) is -2.00. The van der Waals surface area contributed by atoms with Crippen LogP contribution in [0.4, 0.5) is 0 Å². The van der Waals surface area contributed by atoms with Crippen LogP contribution in [0.5, 0.6) is 5.75 Å². The Hall–Kier alpha value is -5.72. The summed E-state index contributed by atoms with van der Waals surface area (Å²) < 4.78 is 69.0. The molecule has 65 heavy (non-hydrogen) atoms. The first-order chi connectivity index (χ1) is 31.5. The zero-order valence-corrected chi connectivity index (χ0v) is 37.1. The van der Waals surface area contributed by atoms with E-state index in [2.05, 4.69) is 5.32 Å². The third kappa shape index (κ3) is 14.6. The van der Waals surface area contributed by atoms with Crippen molar-refractivity contribution in [1.29, 1.82) is 0 Å². The van der Waals surface area contributed by atoms with Gasteiger partial charge in [0.05, 0.1) is 40.1 Å². The molecule has 2 aliphatic heterocycles. The predicted molar refractivity (Wildman–Crippen MR) is 231 cm³/mol. The Balaban J connectivity index is 1.43. The summed E-state index contributed by atoms with van der Waals surface area (Å²) in [6.45, 7) is 4.87. The van der Waals surface area contributed by atoms with E-state index < -0.39 is 91.8 Å². The standard InChI is InChI=1S/C49H57NO15/c1-31(51)50-42-45(62-34(4)54)43(61-33(3)53)41(30-57-32(2)52)63-48(42)65-44-40(29-56-25-38-21-23-39(55-5)24-22-38)64-49(60-28-37-19-13-8-14-20-37)47(59-27-36-17-11-7-12-18-36)46(44)58-26-35-15-9-6-10-16-35/h6-24,40-49H,25-30H2,1-5H3,(H,50,51)/t40-,41-,42-,43+,44-,45-,46+,47-,48+,49+/m1/s1. The van der Waals surface area contributed by atoms with Gasteiger partial charge in [0.25, 0.3) is 0 Å². The summed E-state index contributed by atoms with van der Waals surface area (Å²) in [4.78, 5) is 50.3. The fourth-order valence-electron chi connectivity index (χ4n) is 7.54. The normalized spacial score (nSPS) is 25.2. The van der Waals surface area contributed by atoms with Gasteiger partial charge in [-0.2, -0.15) is 0 Å². The largest absolute Gasteiger partial charge is 0.497 e. The van der Waals surface area contributed by atoms with Crippen molar-refractivity contribution in [3.8, 4) is 5.75 Å². The zero-order valence-electron chi connectivity index (χ0n) is 37.1. The lowest BCUT2D eigenvalue weighted by Gasteiger charge is -2.50. The quantitative estimate of drug-likeness (QED) is 0.0833. The minimum absolute atomic E-state index is 0.0731. The van der Waals surface area contributed by atoms with Crippen LogP contribution in [0.25, 0.3) is 0 Å². The highest BCUT2D eigenvalue weighted by molar-refractivity contribution is 5.73. The second kappa shape index (κ2) is 24.5. The first-order valence-corrected chi connectivity index (χ1v) is 21.4. The molecule has 0 radical (unpaired) electrons. The molecule has 16 heteroatoms. The van der Waals surface area contributed by atoms with Crippen molar-refractivity contribution in [2.24, 2.45) is 0 Å². The highest BCUT2D eigenvalue weighted by Crippen LogP contribution is 2.36. The maximum absolute atomic E-state index is 13.0. The molecule has 4 aromatic carbocycles. The van der Waals surface area contributed by atoms with Crippen LogP contribution >= 0.6 is 0 Å². The van der Waals surface area contributed by atoms with Gasteiger partial charge in [-0.1, -0.05) is 103 Å². The number of hydrogen-bond donors (Lipinski definition) is 1. The SMILES string of the molecule is COc1ccc(COC[C@H]2O[C@H](OCc3ccccc3)[C@H](OCc3ccccc3)[C@@H](OCc3ccccc3)[C@@H]2O[C@@H]2O[C@H](COC(C)=O)[C@H](OC(C)=O)[C@H](OC(C)=O)[C@H]2NC(C)=O)cc1. The van der Waals surface area contributed by atoms with Gasteiger partial charge < -0.3 is 57.4 Å². The van der Waals surface area contributed by atoms with Gasteiger partial charge in [-0.25, -0.2) is 0 Å². The fourth-order valence-corrected chi connectivity index (χ4v) is 7.54. The Morgan fingerprint density at radius 2 is 1.00 bits per heavy atom. The van der Waals surface area contributed by atoms with Crippen molar-refractivity contribution in [3.05, 3.63) is 138 Å². The lowest BCUT2D eigenvalue weighted by Crippen LogP contribution is -2.69. The van der Waals surface area contributed by atoms with Crippen molar-refractivity contribution < 1.29 is 71.3 Å². The Labute approximate surface area is 378 Å². The van der Waals surface area contributed by atoms with Gasteiger partial charge >= 0.3 is 17.9 Å². The number of amides is 1. The van der Waals surface area contributed by atoms with Gasteiger partial charge in [0.15, 0.2) is 24.8 Å². The molecular weight excluding hydrogens is 843 g/mol. The van der Waals surface area contributed by atoms with Gasteiger partial charge in [-0.3, -0.25) is 19.2 Å². The molecule has 1 amide bonds. The molecule has 4 aromatic rings. The molecule has 2 saturated heterocycles. The van der Waals surface area contributed by atoms with Crippen LogP contribution in [0.3, 0.4) is 0 Å². The van der Waals surface area contributed by atoms with Crippen LogP contribution in [0.2, 0.25) is 0 Å². The monoisotopic (exact) mass is 899 g/mol. The van der Waals surface area contributed by atoms with Gasteiger partial charge in [0.2, 0.25) is 5.91 Å². The summed E-state index contributed by atoms with van der Waals surface area (Å²) >= 11 is 0. The maximum Gasteiger partial charge on any atom is 0.303 e. The molecule has 6 rings (SSSR count). The van der Waals surface area contributed by atoms with Gasteiger partial charge in [0, 0.05) is 27.7 Å². The Morgan fingerprint density at radius 1 is 0.508 bits per heavy atom. The first-order valence-electron chi connectivity index (χ1n) is 21.4. The topological polar surface area (TPSA) is 182 Å². The summed E-state index contributed by atoms with van der Waals surface area (Å²) in [6, 6.07) is 34.8. The summed E-state index contributed by atoms with van der Waals surface area (Å²) in [5, 5.41) is 2.79. The molecule has 0 spiro atoms. The van der Waals surface area contributed by atoms with Gasteiger partial charge in [-0.05, 0) is 34.4 Å². The van der Waals surface area contributed by atoms with Crippen LogP contribution in [-0.2, 0) is 93.0 Å². The highest BCUT2D eigenvalue weighted by atomic mass is 16.8. The molecule has 2 fully saturated rings. The fraction of sp³-hybridized carbons (Fsp3) is 0.429. The van der Waals surface area contributed by atoms with Crippen LogP contribution in [0, 0.1) is 0 Å². The number of nitrogens with one attached hydrogen (secondary N) is 1. The van der Waals surface area contributed by atoms with Crippen molar-refractivity contribution in [3.63, 3.8) is 0 Å². The molecule has 0 aliphatic carbocycles. The lowest BCUT2D eigenvalue weighted by molar-refractivity contribution is -0.360. The van der Waals surface area contributed by atoms with E-state index in [0.29, 0.717) is 5.75 Å². The lowest BCUT2D eigenvalue weighted by atomic mass is 9.94. The molecule has 0 unspecified atom stereocenters. The smallest absolute Gasteiger partial charge is 0.303 e. The third-order valence-electron chi connectivity index (χ3n) is 10.5. The van der Waals surface area contributed by atoms with E-state index in [1.807, 2.05) is 115 Å². The molecular formula is C49H57NO15. The third-order valence-corrected chi connectivity index (χ3v) is 10.5. The van der Waals surface area contributed by atoms with Crippen LogP contribution < -0.4 is 10.1 Å². The molecule has 2 aliphatic rings. The number of esters is 3. The van der Waals surface area contributed by atoms with E-state index in [0.717, 1.165) is 22.3 Å². The molecule has 0 saturated carbocycles. The van der Waals surface area contributed by atoms with Crippen LogP contribution in [0.15, 0.2) is 115 Å². The maximum atomic E-state index is 13.0. The number of carbonyl (C=O) groups is 4. The number of hydrogen-bond acceptors (Lipinski definition) is 15. The number of ether oxygens (including phenoxy) is 11. The van der Waals surface area contributed by atoms with E-state index in [-0.39, 0.29) is 33.0 Å². The van der Waals surface area contributed by atoms with Gasteiger partial charge in [0.1, 0.15) is 48.9 Å². The van der Waals surface area contributed by atoms with E-state index >= 15 is 0 Å². The summed E-state index contributed by atoms with van der Waals surface area (Å²) in [5.41, 5.74) is 3.46. The van der Waals surface area contributed by atoms with Crippen LogP contribution in [-0.4, -0.2) is 105 Å². The van der Waals surface area contributed by atoms with Gasteiger partial charge in [-0.15, -0.1) is 0 Å². The number of rotatable bonds is 21. The highest BCUT2D eigenvalue weighted by Gasteiger charge is 2.55. The molecule has 1 N–H and O–H groups in total. The van der Waals surface area contributed by atoms with E-state index in [4.69, 9.17) is 52.1 Å². The summed E-state index contributed by atoms with van der Waals surface area (Å²) in [6.07, 6.45) is -10.6. The number of benzene rings is 4. The molecule has 2 heterocycles. The average Bonchev–Trinajstić information content (AvgIpc) is 3.29. The molecule has 16 nitrogen and oxygen atoms in total. The number of methoxy groups -OCH3 is 1. The molecule has 348 valence electrons. The van der Waals surface area contributed by atoms with E-state index in [9.17, 15) is 19.2 Å². The Bertz CT molecular complexity index is 2090. The van der Waals surface area contributed by atoms with Crippen molar-refractivity contribution in [2.75, 3.05) is 20.3 Å². The first kappa shape index (κ1) is 48.7. The molecule has 0 bridgehead atoms. The van der Waals surface area contributed by atoms with Crippen molar-refractivity contribution in [1.82, 2.24) is 5.32 Å². The zero-order chi connectivity index (χ0) is 46.1. The Morgan fingerprint density at radius 3 is 1.52 bits per heavy atom. The minimum atomic E-state index is -1.48. The minimum Gasteiger partial charge on any atom is -0.497 e. The number of carbonyl (C=O) groups excluding carboxylic acids is 4. The van der Waals surface area contributed by atoms with E-state index in [1.165, 1.54) is 27.7 Å². The van der Waals surface area contributed by atoms with Crippen molar-refractivity contribution in [2.45, 2.75) is 115 Å². The second-order valence-electron chi connectivity index (χ2n) is 15.5. The molecule has 0 aromatic heterocycles.